The molecule has 1 rings (SSSR count). The van der Waals surface area contributed by atoms with Crippen LogP contribution in [0.4, 0.5) is 4.79 Å². The zero-order chi connectivity index (χ0) is 15.1. The van der Waals surface area contributed by atoms with Crippen LogP contribution in [0.2, 0.25) is 0 Å². The lowest BCUT2D eigenvalue weighted by Crippen LogP contribution is -2.47. The minimum atomic E-state index is -0.147. The molecule has 4 nitrogen and oxygen atoms in total. The van der Waals surface area contributed by atoms with Crippen LogP contribution in [0, 0.1) is 12.8 Å². The van der Waals surface area contributed by atoms with Crippen LogP contribution in [0.1, 0.15) is 33.3 Å². The predicted molar refractivity (Wildman–Crippen MR) is 82.1 cm³/mol. The molecule has 0 aliphatic rings. The maximum Gasteiger partial charge on any atom is 0.315 e. The van der Waals surface area contributed by atoms with Gasteiger partial charge in [0.25, 0.3) is 0 Å². The van der Waals surface area contributed by atoms with E-state index in [0.717, 1.165) is 11.3 Å². The van der Waals surface area contributed by atoms with Crippen molar-refractivity contribution in [1.29, 1.82) is 0 Å². The van der Waals surface area contributed by atoms with E-state index in [0.29, 0.717) is 12.5 Å². The Hall–Kier alpha value is -1.71. The smallest absolute Gasteiger partial charge is 0.315 e. The standard InChI is InChI=1S/C16H26N2O2/c1-11(2)14(5)18-16(19)17-13(4)10-20-15-8-6-7-12(3)9-15/h6-9,11,13-14H,10H2,1-5H3,(H2,17,18,19). The summed E-state index contributed by atoms with van der Waals surface area (Å²) in [7, 11) is 0. The molecular formula is C16H26N2O2. The van der Waals surface area contributed by atoms with E-state index >= 15 is 0 Å². The first-order chi connectivity index (χ1) is 9.38. The summed E-state index contributed by atoms with van der Waals surface area (Å²) in [5.74, 6) is 1.24. The monoisotopic (exact) mass is 278 g/mol. The van der Waals surface area contributed by atoms with Crippen LogP contribution in [-0.4, -0.2) is 24.7 Å². The highest BCUT2D eigenvalue weighted by molar-refractivity contribution is 5.74. The lowest BCUT2D eigenvalue weighted by molar-refractivity contribution is 0.221. The third-order valence-electron chi connectivity index (χ3n) is 3.23. The molecule has 0 radical (unpaired) electrons. The van der Waals surface area contributed by atoms with Crippen molar-refractivity contribution in [2.45, 2.75) is 46.7 Å². The van der Waals surface area contributed by atoms with Crippen molar-refractivity contribution in [3.63, 3.8) is 0 Å². The van der Waals surface area contributed by atoms with Crippen molar-refractivity contribution in [2.24, 2.45) is 5.92 Å². The average Bonchev–Trinajstić information content (AvgIpc) is 2.36. The molecule has 2 N–H and O–H groups in total. The van der Waals surface area contributed by atoms with Gasteiger partial charge in [-0.3, -0.25) is 0 Å². The van der Waals surface area contributed by atoms with E-state index in [2.05, 4.69) is 24.5 Å². The Kier molecular flexibility index (Phi) is 6.36. The first-order valence-corrected chi connectivity index (χ1v) is 7.15. The summed E-state index contributed by atoms with van der Waals surface area (Å²) in [5, 5.41) is 5.79. The molecule has 1 aromatic rings. The van der Waals surface area contributed by atoms with Crippen LogP contribution in [-0.2, 0) is 0 Å². The summed E-state index contributed by atoms with van der Waals surface area (Å²) in [6.45, 7) is 10.6. The molecule has 0 bridgehead atoms. The summed E-state index contributed by atoms with van der Waals surface area (Å²) in [6, 6.07) is 7.84. The van der Waals surface area contributed by atoms with Crippen molar-refractivity contribution in [1.82, 2.24) is 10.6 Å². The largest absolute Gasteiger partial charge is 0.491 e. The molecule has 0 saturated heterocycles. The number of carbonyl (C=O) groups excluding carboxylic acids is 1. The fourth-order valence-corrected chi connectivity index (χ4v) is 1.61. The predicted octanol–water partition coefficient (Wildman–Crippen LogP) is 3.11. The molecule has 0 aliphatic carbocycles. The molecule has 0 spiro atoms. The topological polar surface area (TPSA) is 50.4 Å². The van der Waals surface area contributed by atoms with E-state index in [1.54, 1.807) is 0 Å². The van der Waals surface area contributed by atoms with E-state index in [1.807, 2.05) is 45.0 Å². The Balaban J connectivity index is 2.33. The molecule has 1 aromatic carbocycles. The van der Waals surface area contributed by atoms with Crippen LogP contribution in [0.15, 0.2) is 24.3 Å². The van der Waals surface area contributed by atoms with Crippen LogP contribution in [0.25, 0.3) is 0 Å². The van der Waals surface area contributed by atoms with Gasteiger partial charge in [0.05, 0.1) is 6.04 Å². The molecule has 0 fully saturated rings. The van der Waals surface area contributed by atoms with Gasteiger partial charge in [-0.05, 0) is 44.4 Å². The summed E-state index contributed by atoms with van der Waals surface area (Å²) >= 11 is 0. The number of hydrogen-bond acceptors (Lipinski definition) is 2. The number of hydrogen-bond donors (Lipinski definition) is 2. The number of ether oxygens (including phenoxy) is 1. The van der Waals surface area contributed by atoms with Gasteiger partial charge in [0.1, 0.15) is 12.4 Å². The fourth-order valence-electron chi connectivity index (χ4n) is 1.61. The zero-order valence-electron chi connectivity index (χ0n) is 13.1. The van der Waals surface area contributed by atoms with E-state index in [-0.39, 0.29) is 18.1 Å². The minimum Gasteiger partial charge on any atom is -0.491 e. The number of rotatable bonds is 6. The van der Waals surface area contributed by atoms with Crippen molar-refractivity contribution < 1.29 is 9.53 Å². The fraction of sp³-hybridized carbons (Fsp3) is 0.562. The first-order valence-electron chi connectivity index (χ1n) is 7.15. The van der Waals surface area contributed by atoms with E-state index < -0.39 is 0 Å². The van der Waals surface area contributed by atoms with Crippen LogP contribution >= 0.6 is 0 Å². The Morgan fingerprint density at radius 1 is 1.20 bits per heavy atom. The molecule has 0 aromatic heterocycles. The van der Waals surface area contributed by atoms with Crippen molar-refractivity contribution in [3.05, 3.63) is 29.8 Å². The first kappa shape index (κ1) is 16.3. The van der Waals surface area contributed by atoms with Gasteiger partial charge in [0, 0.05) is 6.04 Å². The number of amides is 2. The molecule has 0 aliphatic heterocycles. The highest BCUT2D eigenvalue weighted by atomic mass is 16.5. The molecule has 2 amide bonds. The summed E-state index contributed by atoms with van der Waals surface area (Å²) < 4.78 is 5.66. The Morgan fingerprint density at radius 2 is 1.90 bits per heavy atom. The number of benzene rings is 1. The van der Waals surface area contributed by atoms with Crippen LogP contribution in [0.3, 0.4) is 0 Å². The zero-order valence-corrected chi connectivity index (χ0v) is 13.1. The SMILES string of the molecule is Cc1cccc(OCC(C)NC(=O)NC(C)C(C)C)c1. The minimum absolute atomic E-state index is 0.0464. The van der Waals surface area contributed by atoms with Crippen LogP contribution < -0.4 is 15.4 Å². The van der Waals surface area contributed by atoms with Gasteiger partial charge in [0.2, 0.25) is 0 Å². The lowest BCUT2D eigenvalue weighted by Gasteiger charge is -2.20. The normalized spacial score (nSPS) is 13.7. The third-order valence-corrected chi connectivity index (χ3v) is 3.23. The summed E-state index contributed by atoms with van der Waals surface area (Å²) in [6.07, 6.45) is 0. The van der Waals surface area contributed by atoms with E-state index in [4.69, 9.17) is 4.74 Å². The Bertz CT molecular complexity index is 432. The lowest BCUT2D eigenvalue weighted by atomic mass is 10.1. The third kappa shape index (κ3) is 5.95. The summed E-state index contributed by atoms with van der Waals surface area (Å²) in [4.78, 5) is 11.8. The molecule has 20 heavy (non-hydrogen) atoms. The Morgan fingerprint density at radius 3 is 2.50 bits per heavy atom. The second-order valence-corrected chi connectivity index (χ2v) is 5.68. The van der Waals surface area contributed by atoms with E-state index in [9.17, 15) is 4.79 Å². The van der Waals surface area contributed by atoms with Gasteiger partial charge in [-0.15, -0.1) is 0 Å². The van der Waals surface area contributed by atoms with Crippen molar-refractivity contribution >= 4 is 6.03 Å². The summed E-state index contributed by atoms with van der Waals surface area (Å²) in [5.41, 5.74) is 1.16. The number of carbonyl (C=O) groups is 1. The number of nitrogens with one attached hydrogen (secondary N) is 2. The van der Waals surface area contributed by atoms with Gasteiger partial charge in [-0.1, -0.05) is 26.0 Å². The molecule has 2 atom stereocenters. The molecular weight excluding hydrogens is 252 g/mol. The second-order valence-electron chi connectivity index (χ2n) is 5.68. The molecule has 0 heterocycles. The van der Waals surface area contributed by atoms with Gasteiger partial charge in [-0.25, -0.2) is 4.79 Å². The van der Waals surface area contributed by atoms with Crippen LogP contribution in [0.5, 0.6) is 5.75 Å². The highest BCUT2D eigenvalue weighted by Gasteiger charge is 2.12. The number of urea groups is 1. The van der Waals surface area contributed by atoms with Gasteiger partial charge < -0.3 is 15.4 Å². The maximum absolute atomic E-state index is 11.8. The Labute approximate surface area is 121 Å². The maximum atomic E-state index is 11.8. The van der Waals surface area contributed by atoms with Gasteiger partial charge in [-0.2, -0.15) is 0 Å². The quantitative estimate of drug-likeness (QED) is 0.840. The van der Waals surface area contributed by atoms with E-state index in [1.165, 1.54) is 0 Å². The second kappa shape index (κ2) is 7.78. The van der Waals surface area contributed by atoms with Crippen molar-refractivity contribution in [3.8, 4) is 5.75 Å². The van der Waals surface area contributed by atoms with Gasteiger partial charge in [0.15, 0.2) is 0 Å². The molecule has 2 unspecified atom stereocenters. The average molecular weight is 278 g/mol. The molecule has 4 heteroatoms. The number of aryl methyl sites for hydroxylation is 1. The molecule has 112 valence electrons. The highest BCUT2D eigenvalue weighted by Crippen LogP contribution is 2.12. The van der Waals surface area contributed by atoms with Crippen molar-refractivity contribution in [2.75, 3.05) is 6.61 Å². The molecule has 0 saturated carbocycles. The van der Waals surface area contributed by atoms with Gasteiger partial charge >= 0.3 is 6.03 Å².